The highest BCUT2D eigenvalue weighted by Gasteiger charge is 2.13. The third-order valence-corrected chi connectivity index (χ3v) is 4.41. The lowest BCUT2D eigenvalue weighted by molar-refractivity contribution is 0.356. The van der Waals surface area contributed by atoms with Crippen LogP contribution in [0.1, 0.15) is 0 Å². The van der Waals surface area contributed by atoms with Crippen LogP contribution in [-0.2, 0) is 0 Å². The Morgan fingerprint density at radius 2 is 1.75 bits per heavy atom. The van der Waals surface area contributed by atoms with E-state index in [4.69, 9.17) is 9.47 Å². The fourth-order valence-electron chi connectivity index (χ4n) is 2.74. The van der Waals surface area contributed by atoms with Gasteiger partial charge in [-0.25, -0.2) is 14.4 Å². The van der Waals surface area contributed by atoms with Gasteiger partial charge in [0.25, 0.3) is 5.56 Å². The minimum atomic E-state index is -0.166. The number of ether oxygens (including phenoxy) is 2. The minimum absolute atomic E-state index is 0.166. The van der Waals surface area contributed by atoms with E-state index in [-0.39, 0.29) is 5.56 Å². The smallest absolute Gasteiger partial charge is 0.267 e. The monoisotopic (exact) mass is 385 g/mol. The molecule has 7 heteroatoms. The van der Waals surface area contributed by atoms with Gasteiger partial charge in [-0.2, -0.15) is 0 Å². The van der Waals surface area contributed by atoms with Gasteiger partial charge in [-0.3, -0.25) is 4.79 Å². The fraction of sp³-hybridized carbons (Fsp3) is 0.118. The van der Waals surface area contributed by atoms with Gasteiger partial charge in [-0.15, -0.1) is 0 Å². The standard InChI is InChI=1S/C17H12BrN3O3/c1-23-14-6-10-13(7-15(14)24-2)19-8-21-16(10)20-12-4-3-9(18)5-11(12)17(21)22/h3-8H,1-2H3. The molecule has 120 valence electrons. The molecule has 0 saturated heterocycles. The lowest BCUT2D eigenvalue weighted by Gasteiger charge is -2.11. The summed E-state index contributed by atoms with van der Waals surface area (Å²) in [5, 5.41) is 1.25. The average molecular weight is 386 g/mol. The van der Waals surface area contributed by atoms with E-state index in [1.54, 1.807) is 32.4 Å². The number of benzene rings is 2. The Morgan fingerprint density at radius 3 is 2.50 bits per heavy atom. The number of fused-ring (bicyclic) bond motifs is 4. The molecular weight excluding hydrogens is 374 g/mol. The molecule has 2 heterocycles. The Morgan fingerprint density at radius 1 is 1.00 bits per heavy atom. The van der Waals surface area contributed by atoms with Crippen LogP contribution in [0.3, 0.4) is 0 Å². The van der Waals surface area contributed by atoms with Crippen molar-refractivity contribution in [2.75, 3.05) is 14.2 Å². The van der Waals surface area contributed by atoms with E-state index < -0.39 is 0 Å². The third kappa shape index (κ3) is 2.12. The van der Waals surface area contributed by atoms with E-state index in [0.717, 1.165) is 9.86 Å². The first-order valence-corrected chi connectivity index (χ1v) is 7.94. The maximum Gasteiger partial charge on any atom is 0.267 e. The van der Waals surface area contributed by atoms with E-state index >= 15 is 0 Å². The summed E-state index contributed by atoms with van der Waals surface area (Å²) in [6.45, 7) is 0. The number of rotatable bonds is 2. The zero-order valence-corrected chi connectivity index (χ0v) is 14.5. The van der Waals surface area contributed by atoms with Crippen LogP contribution in [0.5, 0.6) is 11.5 Å². The molecule has 0 aliphatic carbocycles. The highest BCUT2D eigenvalue weighted by atomic mass is 79.9. The van der Waals surface area contributed by atoms with Crippen LogP contribution in [0.15, 0.2) is 45.9 Å². The SMILES string of the molecule is COc1cc2ncn3c(=O)c4cc(Br)ccc4nc3c2cc1OC. The normalized spacial score (nSPS) is 11.3. The Bertz CT molecular complexity index is 1170. The molecule has 24 heavy (non-hydrogen) atoms. The molecule has 0 saturated carbocycles. The summed E-state index contributed by atoms with van der Waals surface area (Å²) in [7, 11) is 3.13. The number of nitrogens with zero attached hydrogens (tertiary/aromatic N) is 3. The maximum atomic E-state index is 12.8. The second-order valence-corrected chi connectivity index (χ2v) is 6.16. The Labute approximate surface area is 144 Å². The molecule has 0 amide bonds. The minimum Gasteiger partial charge on any atom is -0.493 e. The van der Waals surface area contributed by atoms with Gasteiger partial charge in [0, 0.05) is 15.9 Å². The predicted molar refractivity (Wildman–Crippen MR) is 95.1 cm³/mol. The van der Waals surface area contributed by atoms with E-state index in [1.807, 2.05) is 12.1 Å². The topological polar surface area (TPSA) is 65.7 Å². The Kier molecular flexibility index (Phi) is 3.38. The Balaban J connectivity index is 2.19. The molecule has 0 unspecified atom stereocenters. The quantitative estimate of drug-likeness (QED) is 0.391. The van der Waals surface area contributed by atoms with Crippen LogP contribution in [0.2, 0.25) is 0 Å². The van der Waals surface area contributed by atoms with Crippen molar-refractivity contribution >= 4 is 43.4 Å². The zero-order valence-electron chi connectivity index (χ0n) is 12.9. The lowest BCUT2D eigenvalue weighted by atomic mass is 10.2. The van der Waals surface area contributed by atoms with Crippen molar-refractivity contribution in [1.29, 1.82) is 0 Å². The molecule has 4 aromatic rings. The molecule has 0 atom stereocenters. The highest BCUT2D eigenvalue weighted by Crippen LogP contribution is 2.32. The number of hydrogen-bond donors (Lipinski definition) is 0. The van der Waals surface area contributed by atoms with Crippen molar-refractivity contribution in [1.82, 2.24) is 14.4 Å². The van der Waals surface area contributed by atoms with Crippen molar-refractivity contribution in [2.24, 2.45) is 0 Å². The van der Waals surface area contributed by atoms with Crippen molar-refractivity contribution in [3.63, 3.8) is 0 Å². The molecule has 2 aromatic heterocycles. The highest BCUT2D eigenvalue weighted by molar-refractivity contribution is 9.10. The average Bonchev–Trinajstić information content (AvgIpc) is 2.61. The van der Waals surface area contributed by atoms with Crippen LogP contribution >= 0.6 is 15.9 Å². The number of hydrogen-bond acceptors (Lipinski definition) is 5. The molecule has 0 radical (unpaired) electrons. The first-order chi connectivity index (χ1) is 11.6. The zero-order chi connectivity index (χ0) is 16.8. The van der Waals surface area contributed by atoms with E-state index in [1.165, 1.54) is 10.7 Å². The van der Waals surface area contributed by atoms with Gasteiger partial charge in [-0.05, 0) is 24.3 Å². The van der Waals surface area contributed by atoms with Crippen molar-refractivity contribution < 1.29 is 9.47 Å². The first-order valence-electron chi connectivity index (χ1n) is 7.15. The van der Waals surface area contributed by atoms with Crippen LogP contribution in [0, 0.1) is 0 Å². The Hall–Kier alpha value is -2.67. The molecule has 0 aliphatic heterocycles. The van der Waals surface area contributed by atoms with E-state index in [2.05, 4.69) is 25.9 Å². The second kappa shape index (κ2) is 5.45. The summed E-state index contributed by atoms with van der Waals surface area (Å²) < 4.78 is 12.9. The number of methoxy groups -OCH3 is 2. The van der Waals surface area contributed by atoms with Gasteiger partial charge < -0.3 is 9.47 Å². The summed E-state index contributed by atoms with van der Waals surface area (Å²) in [4.78, 5) is 21.8. The van der Waals surface area contributed by atoms with Gasteiger partial charge in [0.1, 0.15) is 6.33 Å². The van der Waals surface area contributed by atoms with Crippen LogP contribution < -0.4 is 15.0 Å². The number of halogens is 1. The van der Waals surface area contributed by atoms with Crippen molar-refractivity contribution in [2.45, 2.75) is 0 Å². The molecule has 4 rings (SSSR count). The van der Waals surface area contributed by atoms with Gasteiger partial charge >= 0.3 is 0 Å². The van der Waals surface area contributed by atoms with Gasteiger partial charge in [-0.1, -0.05) is 15.9 Å². The van der Waals surface area contributed by atoms with Crippen LogP contribution in [0.25, 0.3) is 27.5 Å². The maximum absolute atomic E-state index is 12.8. The van der Waals surface area contributed by atoms with Crippen LogP contribution in [-0.4, -0.2) is 28.6 Å². The molecule has 0 bridgehead atoms. The molecule has 0 spiro atoms. The van der Waals surface area contributed by atoms with Crippen LogP contribution in [0.4, 0.5) is 0 Å². The number of aromatic nitrogens is 3. The van der Waals surface area contributed by atoms with Gasteiger partial charge in [0.15, 0.2) is 17.1 Å². The third-order valence-electron chi connectivity index (χ3n) is 3.92. The molecule has 0 aliphatic rings. The largest absolute Gasteiger partial charge is 0.493 e. The van der Waals surface area contributed by atoms with E-state index in [9.17, 15) is 4.79 Å². The summed E-state index contributed by atoms with van der Waals surface area (Å²) in [6, 6.07) is 8.99. The summed E-state index contributed by atoms with van der Waals surface area (Å²) in [5.41, 5.74) is 1.67. The molecule has 2 aromatic carbocycles. The summed E-state index contributed by atoms with van der Waals surface area (Å²) >= 11 is 3.38. The molecule has 0 fully saturated rings. The van der Waals surface area contributed by atoms with E-state index in [0.29, 0.717) is 33.6 Å². The summed E-state index contributed by atoms with van der Waals surface area (Å²) in [5.74, 6) is 1.14. The van der Waals surface area contributed by atoms with Gasteiger partial charge in [0.05, 0.1) is 30.6 Å². The van der Waals surface area contributed by atoms with Gasteiger partial charge in [0.2, 0.25) is 0 Å². The fourth-order valence-corrected chi connectivity index (χ4v) is 3.10. The van der Waals surface area contributed by atoms with Crippen molar-refractivity contribution in [3.8, 4) is 11.5 Å². The first kappa shape index (κ1) is 14.9. The molecule has 0 N–H and O–H groups in total. The molecular formula is C17H12BrN3O3. The lowest BCUT2D eigenvalue weighted by Crippen LogP contribution is -2.16. The predicted octanol–water partition coefficient (Wildman–Crippen LogP) is 3.18. The summed E-state index contributed by atoms with van der Waals surface area (Å²) in [6.07, 6.45) is 1.49. The second-order valence-electron chi connectivity index (χ2n) is 5.24. The molecule has 6 nitrogen and oxygen atoms in total. The van der Waals surface area contributed by atoms with Crippen molar-refractivity contribution in [3.05, 3.63) is 51.5 Å².